The van der Waals surface area contributed by atoms with Crippen molar-refractivity contribution >= 4 is 34.0 Å². The fourth-order valence-electron chi connectivity index (χ4n) is 3.69. The van der Waals surface area contributed by atoms with E-state index in [1.165, 1.54) is 18.2 Å². The molecule has 0 heterocycles. The zero-order valence-electron chi connectivity index (χ0n) is 15.4. The molecule has 1 aliphatic carbocycles. The molecule has 0 radical (unpaired) electrons. The van der Waals surface area contributed by atoms with Crippen molar-refractivity contribution < 1.29 is 4.79 Å². The molecule has 0 spiro atoms. The molecule has 138 valence electrons. The van der Waals surface area contributed by atoms with Crippen LogP contribution in [0.15, 0.2) is 42.5 Å². The highest BCUT2D eigenvalue weighted by molar-refractivity contribution is 7.80. The van der Waals surface area contributed by atoms with Gasteiger partial charge in [-0.05, 0) is 46.8 Å². The van der Waals surface area contributed by atoms with E-state index < -0.39 is 0 Å². The molecular weight excluding hydrogens is 342 g/mol. The number of benzene rings is 2. The first-order chi connectivity index (χ1) is 12.5. The second-order valence-electron chi connectivity index (χ2n) is 7.38. The molecule has 3 N–H and O–H groups in total. The summed E-state index contributed by atoms with van der Waals surface area (Å²) in [5.74, 6) is 1.18. The summed E-state index contributed by atoms with van der Waals surface area (Å²) in [5.41, 5.74) is 6.53. The Labute approximate surface area is 160 Å². The van der Waals surface area contributed by atoms with Gasteiger partial charge in [0.2, 0.25) is 5.91 Å². The van der Waals surface area contributed by atoms with E-state index in [0.29, 0.717) is 29.4 Å². The number of hydrogen-bond acceptors (Lipinski definition) is 2. The number of carbonyl (C=O) groups is 1. The summed E-state index contributed by atoms with van der Waals surface area (Å²) in [5, 5.41) is 6.16. The van der Waals surface area contributed by atoms with Gasteiger partial charge in [-0.2, -0.15) is 0 Å². The van der Waals surface area contributed by atoms with Crippen molar-refractivity contribution in [3.63, 3.8) is 0 Å². The largest absolute Gasteiger partial charge is 0.358 e. The predicted molar refractivity (Wildman–Crippen MR) is 111 cm³/mol. The molecule has 0 aromatic heterocycles. The molecule has 3 rings (SSSR count). The van der Waals surface area contributed by atoms with Crippen LogP contribution >= 0.6 is 12.2 Å². The molecule has 4 nitrogen and oxygen atoms in total. The minimum Gasteiger partial charge on any atom is -0.358 e. The number of rotatable bonds is 3. The summed E-state index contributed by atoms with van der Waals surface area (Å²) in [4.78, 5) is 12.2. The van der Waals surface area contributed by atoms with Crippen molar-refractivity contribution in [3.8, 4) is 0 Å². The third-order valence-corrected chi connectivity index (χ3v) is 5.74. The van der Waals surface area contributed by atoms with Gasteiger partial charge in [-0.25, -0.2) is 0 Å². The van der Waals surface area contributed by atoms with Crippen LogP contribution in [0.3, 0.4) is 0 Å². The zero-order chi connectivity index (χ0) is 18.5. The van der Waals surface area contributed by atoms with Crippen LogP contribution in [0.2, 0.25) is 0 Å². The average molecular weight is 370 g/mol. The van der Waals surface area contributed by atoms with Crippen molar-refractivity contribution in [1.29, 1.82) is 0 Å². The number of hydrazine groups is 1. The van der Waals surface area contributed by atoms with E-state index in [9.17, 15) is 4.79 Å². The molecule has 0 unspecified atom stereocenters. The fraction of sp³-hybridized carbons (Fsp3) is 0.429. The molecule has 26 heavy (non-hydrogen) atoms. The first-order valence-corrected chi connectivity index (χ1v) is 9.77. The summed E-state index contributed by atoms with van der Waals surface area (Å²) in [7, 11) is 0. The standard InChI is InChI=1S/C21H27N3OS/c1-14-6-5-9-19(15(14)2)22-21(26)24-23-20(25)13-16-10-11-17-7-3-4-8-18(17)12-16/h3-4,7-8,10-12,14-15,19H,5-6,9,13H2,1-2H3,(H,23,25)(H2,22,24,26)/t14-,15-,19-/m1/s1. The Bertz CT molecular complexity index is 792. The number of amides is 1. The molecular formula is C21H27N3OS. The van der Waals surface area contributed by atoms with Gasteiger partial charge < -0.3 is 5.32 Å². The topological polar surface area (TPSA) is 53.2 Å². The van der Waals surface area contributed by atoms with E-state index in [1.807, 2.05) is 24.3 Å². The maximum Gasteiger partial charge on any atom is 0.242 e. The highest BCUT2D eigenvalue weighted by Crippen LogP contribution is 2.29. The van der Waals surface area contributed by atoms with E-state index in [4.69, 9.17) is 12.2 Å². The van der Waals surface area contributed by atoms with Crippen molar-refractivity contribution in [2.75, 3.05) is 0 Å². The van der Waals surface area contributed by atoms with Crippen molar-refractivity contribution in [2.24, 2.45) is 11.8 Å². The van der Waals surface area contributed by atoms with Crippen LogP contribution in [0, 0.1) is 11.8 Å². The number of nitrogens with one attached hydrogen (secondary N) is 3. The van der Waals surface area contributed by atoms with Gasteiger partial charge in [0.05, 0.1) is 6.42 Å². The Hall–Kier alpha value is -2.14. The molecule has 5 heteroatoms. The molecule has 2 aromatic carbocycles. The summed E-state index contributed by atoms with van der Waals surface area (Å²) >= 11 is 5.34. The van der Waals surface area contributed by atoms with Gasteiger partial charge in [-0.15, -0.1) is 0 Å². The van der Waals surface area contributed by atoms with Crippen LogP contribution in [-0.4, -0.2) is 17.1 Å². The van der Waals surface area contributed by atoms with Crippen molar-refractivity contribution in [1.82, 2.24) is 16.2 Å². The van der Waals surface area contributed by atoms with Gasteiger partial charge in [0, 0.05) is 6.04 Å². The molecule has 0 aliphatic heterocycles. The van der Waals surface area contributed by atoms with Gasteiger partial charge in [-0.3, -0.25) is 15.6 Å². The molecule has 1 fully saturated rings. The third-order valence-electron chi connectivity index (χ3n) is 5.52. The minimum atomic E-state index is -0.102. The summed E-state index contributed by atoms with van der Waals surface area (Å²) in [6.45, 7) is 4.56. The summed E-state index contributed by atoms with van der Waals surface area (Å²) < 4.78 is 0. The van der Waals surface area contributed by atoms with E-state index in [0.717, 1.165) is 17.4 Å². The Balaban J connectivity index is 1.47. The summed E-state index contributed by atoms with van der Waals surface area (Å²) in [6.07, 6.45) is 3.94. The van der Waals surface area contributed by atoms with E-state index >= 15 is 0 Å². The Morgan fingerprint density at radius 3 is 2.65 bits per heavy atom. The Morgan fingerprint density at radius 1 is 1.08 bits per heavy atom. The quantitative estimate of drug-likeness (QED) is 0.570. The van der Waals surface area contributed by atoms with Gasteiger partial charge in [0.1, 0.15) is 0 Å². The SMILES string of the molecule is C[C@@H]1[C@H](C)CCC[C@H]1NC(=S)NNC(=O)Cc1ccc2ccccc2c1. The van der Waals surface area contributed by atoms with Gasteiger partial charge >= 0.3 is 0 Å². The van der Waals surface area contributed by atoms with Crippen LogP contribution in [0.5, 0.6) is 0 Å². The second-order valence-corrected chi connectivity index (χ2v) is 7.79. The maximum atomic E-state index is 12.2. The minimum absolute atomic E-state index is 0.102. The van der Waals surface area contributed by atoms with Crippen LogP contribution < -0.4 is 16.2 Å². The molecule has 0 bridgehead atoms. The zero-order valence-corrected chi connectivity index (χ0v) is 16.2. The molecule has 0 saturated heterocycles. The lowest BCUT2D eigenvalue weighted by molar-refractivity contribution is -0.121. The van der Waals surface area contributed by atoms with Crippen LogP contribution in [0.4, 0.5) is 0 Å². The highest BCUT2D eigenvalue weighted by Gasteiger charge is 2.27. The first-order valence-electron chi connectivity index (χ1n) is 9.36. The number of thiocarbonyl (C=S) groups is 1. The maximum absolute atomic E-state index is 12.2. The van der Waals surface area contributed by atoms with Crippen LogP contribution in [0.1, 0.15) is 38.7 Å². The lowest BCUT2D eigenvalue weighted by Crippen LogP contribution is -2.52. The van der Waals surface area contributed by atoms with Crippen molar-refractivity contribution in [2.45, 2.75) is 45.6 Å². The molecule has 1 saturated carbocycles. The Kier molecular flexibility index (Phi) is 6.09. The van der Waals surface area contributed by atoms with Crippen molar-refractivity contribution in [3.05, 3.63) is 48.0 Å². The molecule has 3 atom stereocenters. The van der Waals surface area contributed by atoms with E-state index in [1.54, 1.807) is 0 Å². The van der Waals surface area contributed by atoms with E-state index in [2.05, 4.69) is 48.2 Å². The smallest absolute Gasteiger partial charge is 0.242 e. The first kappa shape index (κ1) is 18.6. The third kappa shape index (κ3) is 4.73. The van der Waals surface area contributed by atoms with Crippen LogP contribution in [-0.2, 0) is 11.2 Å². The monoisotopic (exact) mass is 369 g/mol. The van der Waals surface area contributed by atoms with Gasteiger partial charge in [0.25, 0.3) is 0 Å². The number of fused-ring (bicyclic) bond motifs is 1. The number of hydrogen-bond donors (Lipinski definition) is 3. The van der Waals surface area contributed by atoms with Gasteiger partial charge in [-0.1, -0.05) is 69.2 Å². The molecule has 1 amide bonds. The molecule has 2 aromatic rings. The molecule has 1 aliphatic rings. The normalized spacial score (nSPS) is 22.6. The second kappa shape index (κ2) is 8.49. The average Bonchev–Trinajstić information content (AvgIpc) is 2.64. The Morgan fingerprint density at radius 2 is 1.85 bits per heavy atom. The predicted octanol–water partition coefficient (Wildman–Crippen LogP) is 3.70. The lowest BCUT2D eigenvalue weighted by Gasteiger charge is -2.35. The van der Waals surface area contributed by atoms with E-state index in [-0.39, 0.29) is 5.91 Å². The van der Waals surface area contributed by atoms with Gasteiger partial charge in [0.15, 0.2) is 5.11 Å². The fourth-order valence-corrected chi connectivity index (χ4v) is 3.90. The lowest BCUT2D eigenvalue weighted by atomic mass is 9.78. The number of carbonyl (C=O) groups excluding carboxylic acids is 1. The van der Waals surface area contributed by atoms with Crippen LogP contribution in [0.25, 0.3) is 10.8 Å². The summed E-state index contributed by atoms with van der Waals surface area (Å²) in [6, 6.07) is 14.6. The highest BCUT2D eigenvalue weighted by atomic mass is 32.1.